The van der Waals surface area contributed by atoms with E-state index in [9.17, 15) is 4.79 Å². The quantitative estimate of drug-likeness (QED) is 0.679. The lowest BCUT2D eigenvalue weighted by molar-refractivity contribution is 0.0697. The van der Waals surface area contributed by atoms with Gasteiger partial charge in [0.25, 0.3) is 0 Å². The Balaban J connectivity index is 1.84. The van der Waals surface area contributed by atoms with E-state index in [0.717, 1.165) is 18.7 Å². The van der Waals surface area contributed by atoms with Crippen LogP contribution < -0.4 is 5.32 Å². The first-order chi connectivity index (χ1) is 9.72. The van der Waals surface area contributed by atoms with E-state index >= 15 is 0 Å². The molecule has 0 aliphatic carbocycles. The third kappa shape index (κ3) is 3.75. The predicted molar refractivity (Wildman–Crippen MR) is 82.6 cm³/mol. The molecule has 1 heterocycles. The van der Waals surface area contributed by atoms with Crippen LogP contribution in [0.1, 0.15) is 73.7 Å². The Morgan fingerprint density at radius 3 is 2.75 bits per heavy atom. The number of hydrogen-bond acceptors (Lipinski definition) is 2. The second-order valence-corrected chi connectivity index (χ2v) is 5.74. The average Bonchev–Trinajstić information content (AvgIpc) is 2.85. The Kier molecular flexibility index (Phi) is 5.45. The van der Waals surface area contributed by atoms with Gasteiger partial charge in [0, 0.05) is 18.2 Å². The van der Waals surface area contributed by atoms with Crippen molar-refractivity contribution in [2.24, 2.45) is 0 Å². The highest BCUT2D eigenvalue weighted by Crippen LogP contribution is 2.35. The van der Waals surface area contributed by atoms with Gasteiger partial charge < -0.3 is 10.4 Å². The number of rotatable bonds is 8. The number of carboxylic acid groups (broad SMARTS) is 1. The van der Waals surface area contributed by atoms with Gasteiger partial charge >= 0.3 is 5.97 Å². The van der Waals surface area contributed by atoms with Gasteiger partial charge in [0.2, 0.25) is 0 Å². The van der Waals surface area contributed by atoms with Crippen LogP contribution in [-0.2, 0) is 0 Å². The van der Waals surface area contributed by atoms with Gasteiger partial charge in [-0.05, 0) is 30.2 Å². The van der Waals surface area contributed by atoms with Crippen molar-refractivity contribution in [3.8, 4) is 0 Å². The zero-order valence-electron chi connectivity index (χ0n) is 12.3. The SMILES string of the molecule is CCCCCCCCC1CNc2ccc(C(=O)O)cc21. The molecule has 0 spiro atoms. The highest BCUT2D eigenvalue weighted by molar-refractivity contribution is 5.88. The summed E-state index contributed by atoms with van der Waals surface area (Å²) in [5.74, 6) is -0.353. The fourth-order valence-corrected chi connectivity index (χ4v) is 2.97. The van der Waals surface area contributed by atoms with Crippen molar-refractivity contribution < 1.29 is 9.90 Å². The molecule has 3 nitrogen and oxygen atoms in total. The molecule has 1 aromatic carbocycles. The van der Waals surface area contributed by atoms with Crippen molar-refractivity contribution in [1.29, 1.82) is 0 Å². The van der Waals surface area contributed by atoms with E-state index in [1.807, 2.05) is 12.1 Å². The molecule has 0 fully saturated rings. The molecule has 3 heteroatoms. The molecule has 20 heavy (non-hydrogen) atoms. The molecular formula is C17H25NO2. The lowest BCUT2D eigenvalue weighted by Crippen LogP contribution is -2.02. The van der Waals surface area contributed by atoms with Crippen molar-refractivity contribution in [3.05, 3.63) is 29.3 Å². The van der Waals surface area contributed by atoms with Crippen LogP contribution in [0.25, 0.3) is 0 Å². The Morgan fingerprint density at radius 2 is 2.00 bits per heavy atom. The molecular weight excluding hydrogens is 250 g/mol. The summed E-state index contributed by atoms with van der Waals surface area (Å²) in [5.41, 5.74) is 2.71. The maximum atomic E-state index is 11.0. The van der Waals surface area contributed by atoms with Crippen molar-refractivity contribution in [2.45, 2.75) is 57.8 Å². The lowest BCUT2D eigenvalue weighted by atomic mass is 9.93. The summed E-state index contributed by atoms with van der Waals surface area (Å²) >= 11 is 0. The first kappa shape index (κ1) is 14.9. The number of anilines is 1. The maximum absolute atomic E-state index is 11.0. The predicted octanol–water partition coefficient (Wildman–Crippen LogP) is 4.64. The summed E-state index contributed by atoms with van der Waals surface area (Å²) in [6, 6.07) is 5.43. The molecule has 0 saturated heterocycles. The van der Waals surface area contributed by atoms with E-state index in [1.165, 1.54) is 44.1 Å². The van der Waals surface area contributed by atoms with E-state index in [1.54, 1.807) is 6.07 Å². The number of benzene rings is 1. The Labute approximate surface area is 121 Å². The van der Waals surface area contributed by atoms with Crippen LogP contribution in [0.5, 0.6) is 0 Å². The fourth-order valence-electron chi connectivity index (χ4n) is 2.97. The van der Waals surface area contributed by atoms with Crippen LogP contribution in [0.2, 0.25) is 0 Å². The van der Waals surface area contributed by atoms with Crippen molar-refractivity contribution in [1.82, 2.24) is 0 Å². The monoisotopic (exact) mass is 275 g/mol. The van der Waals surface area contributed by atoms with Crippen molar-refractivity contribution >= 4 is 11.7 Å². The van der Waals surface area contributed by atoms with E-state index in [-0.39, 0.29) is 0 Å². The zero-order valence-corrected chi connectivity index (χ0v) is 12.3. The van der Waals surface area contributed by atoms with Crippen molar-refractivity contribution in [2.75, 3.05) is 11.9 Å². The Hall–Kier alpha value is -1.51. The number of unbranched alkanes of at least 4 members (excludes halogenated alkanes) is 5. The third-order valence-electron chi connectivity index (χ3n) is 4.18. The molecule has 110 valence electrons. The molecule has 1 aliphatic heterocycles. The zero-order chi connectivity index (χ0) is 14.4. The van der Waals surface area contributed by atoms with Gasteiger partial charge in [-0.2, -0.15) is 0 Å². The summed E-state index contributed by atoms with van der Waals surface area (Å²) in [6.45, 7) is 3.19. The maximum Gasteiger partial charge on any atom is 0.335 e. The summed E-state index contributed by atoms with van der Waals surface area (Å²) in [6.07, 6.45) is 9.01. The summed E-state index contributed by atoms with van der Waals surface area (Å²) in [4.78, 5) is 11.0. The minimum Gasteiger partial charge on any atom is -0.478 e. The minimum atomic E-state index is -0.835. The highest BCUT2D eigenvalue weighted by Gasteiger charge is 2.22. The molecule has 1 aliphatic rings. The fraction of sp³-hybridized carbons (Fsp3) is 0.588. The standard InChI is InChI=1S/C17H25NO2/c1-2-3-4-5-6-7-8-14-12-18-16-10-9-13(17(19)20)11-15(14)16/h9-11,14,18H,2-8,12H2,1H3,(H,19,20). The summed E-state index contributed by atoms with van der Waals surface area (Å²) < 4.78 is 0. The summed E-state index contributed by atoms with van der Waals surface area (Å²) in [7, 11) is 0. The molecule has 0 aromatic heterocycles. The van der Waals surface area contributed by atoms with E-state index in [2.05, 4.69) is 12.2 Å². The van der Waals surface area contributed by atoms with E-state index in [0.29, 0.717) is 11.5 Å². The van der Waals surface area contributed by atoms with Gasteiger partial charge in [0.1, 0.15) is 0 Å². The van der Waals surface area contributed by atoms with Gasteiger partial charge in [-0.3, -0.25) is 0 Å². The molecule has 0 bridgehead atoms. The number of aromatic carboxylic acids is 1. The minimum absolute atomic E-state index is 0.403. The molecule has 0 radical (unpaired) electrons. The molecule has 2 N–H and O–H groups in total. The van der Waals surface area contributed by atoms with Gasteiger partial charge in [0.15, 0.2) is 0 Å². The first-order valence-electron chi connectivity index (χ1n) is 7.83. The van der Waals surface area contributed by atoms with Crippen LogP contribution in [-0.4, -0.2) is 17.6 Å². The van der Waals surface area contributed by atoms with Crippen LogP contribution >= 0.6 is 0 Å². The normalized spacial score (nSPS) is 16.8. The van der Waals surface area contributed by atoms with Crippen molar-refractivity contribution in [3.63, 3.8) is 0 Å². The van der Waals surface area contributed by atoms with Gasteiger partial charge in [0.05, 0.1) is 5.56 Å². The highest BCUT2D eigenvalue weighted by atomic mass is 16.4. The van der Waals surface area contributed by atoms with Gasteiger partial charge in [-0.15, -0.1) is 0 Å². The molecule has 0 amide bonds. The van der Waals surface area contributed by atoms with E-state index in [4.69, 9.17) is 5.11 Å². The third-order valence-corrected chi connectivity index (χ3v) is 4.18. The van der Waals surface area contributed by atoms with Crippen LogP contribution in [0.3, 0.4) is 0 Å². The van der Waals surface area contributed by atoms with Gasteiger partial charge in [-0.1, -0.05) is 45.4 Å². The largest absolute Gasteiger partial charge is 0.478 e. The Bertz CT molecular complexity index is 456. The molecule has 2 rings (SSSR count). The molecule has 1 unspecified atom stereocenters. The smallest absolute Gasteiger partial charge is 0.335 e. The van der Waals surface area contributed by atoms with Crippen LogP contribution in [0, 0.1) is 0 Å². The number of fused-ring (bicyclic) bond motifs is 1. The number of carboxylic acids is 1. The number of carbonyl (C=O) groups is 1. The lowest BCUT2D eigenvalue weighted by Gasteiger charge is -2.10. The van der Waals surface area contributed by atoms with Crippen LogP contribution in [0.15, 0.2) is 18.2 Å². The van der Waals surface area contributed by atoms with Crippen LogP contribution in [0.4, 0.5) is 5.69 Å². The first-order valence-corrected chi connectivity index (χ1v) is 7.83. The summed E-state index contributed by atoms with van der Waals surface area (Å²) in [5, 5.41) is 12.5. The number of hydrogen-bond donors (Lipinski definition) is 2. The average molecular weight is 275 g/mol. The van der Waals surface area contributed by atoms with E-state index < -0.39 is 5.97 Å². The number of nitrogens with one attached hydrogen (secondary N) is 1. The molecule has 0 saturated carbocycles. The van der Waals surface area contributed by atoms with Gasteiger partial charge in [-0.25, -0.2) is 4.79 Å². The Morgan fingerprint density at radius 1 is 1.25 bits per heavy atom. The molecule has 1 aromatic rings. The second-order valence-electron chi connectivity index (χ2n) is 5.74. The topological polar surface area (TPSA) is 49.3 Å². The molecule has 1 atom stereocenters. The second kappa shape index (κ2) is 7.32.